The summed E-state index contributed by atoms with van der Waals surface area (Å²) in [5.74, 6) is 0.917. The third-order valence-corrected chi connectivity index (χ3v) is 5.05. The first-order valence-corrected chi connectivity index (χ1v) is 9.06. The van der Waals surface area contributed by atoms with Crippen LogP contribution in [0.1, 0.15) is 50.5 Å². The van der Waals surface area contributed by atoms with Crippen LogP contribution in [0, 0.1) is 5.92 Å². The van der Waals surface area contributed by atoms with Gasteiger partial charge in [-0.15, -0.1) is 0 Å². The number of rotatable bonds is 5. The molecule has 1 amide bonds. The highest BCUT2D eigenvalue weighted by Gasteiger charge is 2.27. The summed E-state index contributed by atoms with van der Waals surface area (Å²) in [5.41, 5.74) is 7.94. The number of hydrogen-bond donors (Lipinski definition) is 2. The molecule has 0 unspecified atom stereocenters. The molecule has 0 heterocycles. The fourth-order valence-corrected chi connectivity index (χ4v) is 3.29. The van der Waals surface area contributed by atoms with Crippen LogP contribution in [0.15, 0.2) is 29.3 Å². The smallest absolute Gasteiger partial charge is 0.227 e. The predicted octanol–water partition coefficient (Wildman–Crippen LogP) is 3.11. The zero-order chi connectivity index (χ0) is 16.9. The van der Waals surface area contributed by atoms with Gasteiger partial charge in [0.25, 0.3) is 0 Å². The number of benzene rings is 1. The van der Waals surface area contributed by atoms with Crippen molar-refractivity contribution in [3.05, 3.63) is 29.8 Å². The molecule has 2 aliphatic carbocycles. The summed E-state index contributed by atoms with van der Waals surface area (Å²) >= 11 is 0. The van der Waals surface area contributed by atoms with E-state index in [1.54, 1.807) is 0 Å². The largest absolute Gasteiger partial charge is 0.370 e. The van der Waals surface area contributed by atoms with Crippen molar-refractivity contribution in [1.29, 1.82) is 0 Å². The fourth-order valence-electron chi connectivity index (χ4n) is 3.29. The maximum atomic E-state index is 12.4. The van der Waals surface area contributed by atoms with E-state index in [0.717, 1.165) is 24.1 Å². The van der Waals surface area contributed by atoms with E-state index in [0.29, 0.717) is 18.5 Å². The Hall–Kier alpha value is -2.04. The molecule has 0 aromatic heterocycles. The number of nitrogens with zero attached hydrogens (tertiary/aromatic N) is 2. The standard InChI is InChI=1S/C19H28N4O/c1-23(17-10-11-17)19(20)21-13-14-6-5-9-16(12-14)22-18(24)15-7-3-2-4-8-15/h5-6,9,12,15,17H,2-4,7-8,10-11,13H2,1H3,(H2,20,21)(H,22,24). The van der Waals surface area contributed by atoms with Gasteiger partial charge in [-0.05, 0) is 43.4 Å². The lowest BCUT2D eigenvalue weighted by Crippen LogP contribution is -2.35. The zero-order valence-electron chi connectivity index (χ0n) is 14.5. The zero-order valence-corrected chi connectivity index (χ0v) is 14.5. The molecule has 2 aliphatic rings. The van der Waals surface area contributed by atoms with Crippen molar-refractivity contribution in [3.8, 4) is 0 Å². The monoisotopic (exact) mass is 328 g/mol. The molecule has 0 spiro atoms. The van der Waals surface area contributed by atoms with Crippen LogP contribution >= 0.6 is 0 Å². The summed E-state index contributed by atoms with van der Waals surface area (Å²) < 4.78 is 0. The van der Waals surface area contributed by atoms with E-state index in [1.807, 2.05) is 31.3 Å². The fraction of sp³-hybridized carbons (Fsp3) is 0.579. The summed E-state index contributed by atoms with van der Waals surface area (Å²) in [6.07, 6.45) is 8.03. The molecule has 3 rings (SSSR count). The van der Waals surface area contributed by atoms with Crippen molar-refractivity contribution < 1.29 is 4.79 Å². The average molecular weight is 328 g/mol. The molecule has 0 atom stereocenters. The second kappa shape index (κ2) is 7.69. The van der Waals surface area contributed by atoms with Gasteiger partial charge in [0.05, 0.1) is 6.54 Å². The third-order valence-electron chi connectivity index (χ3n) is 5.05. The molecule has 130 valence electrons. The number of anilines is 1. The lowest BCUT2D eigenvalue weighted by atomic mass is 9.88. The van der Waals surface area contributed by atoms with Crippen LogP contribution in [-0.2, 0) is 11.3 Å². The van der Waals surface area contributed by atoms with E-state index in [2.05, 4.69) is 15.2 Å². The number of hydrogen-bond acceptors (Lipinski definition) is 2. The second-order valence-electron chi connectivity index (χ2n) is 7.04. The molecule has 0 bridgehead atoms. The Kier molecular flexibility index (Phi) is 5.38. The van der Waals surface area contributed by atoms with E-state index >= 15 is 0 Å². The minimum Gasteiger partial charge on any atom is -0.370 e. The van der Waals surface area contributed by atoms with Crippen molar-refractivity contribution in [2.24, 2.45) is 16.6 Å². The van der Waals surface area contributed by atoms with Crippen molar-refractivity contribution in [2.45, 2.75) is 57.5 Å². The Bertz CT molecular complexity index is 603. The number of amides is 1. The number of nitrogens with one attached hydrogen (secondary N) is 1. The van der Waals surface area contributed by atoms with Gasteiger partial charge in [-0.25, -0.2) is 4.99 Å². The highest BCUT2D eigenvalue weighted by molar-refractivity contribution is 5.92. The van der Waals surface area contributed by atoms with Gasteiger partial charge in [0, 0.05) is 24.7 Å². The second-order valence-corrected chi connectivity index (χ2v) is 7.04. The highest BCUT2D eigenvalue weighted by Crippen LogP contribution is 2.26. The van der Waals surface area contributed by atoms with Crippen LogP contribution in [0.5, 0.6) is 0 Å². The molecule has 1 aromatic carbocycles. The van der Waals surface area contributed by atoms with Gasteiger partial charge < -0.3 is 16.0 Å². The molecule has 2 fully saturated rings. The maximum absolute atomic E-state index is 12.4. The molecule has 3 N–H and O–H groups in total. The van der Waals surface area contributed by atoms with Crippen molar-refractivity contribution in [1.82, 2.24) is 4.90 Å². The Morgan fingerprint density at radius 1 is 1.25 bits per heavy atom. The lowest BCUT2D eigenvalue weighted by Gasteiger charge is -2.20. The number of carbonyl (C=O) groups is 1. The molecule has 0 radical (unpaired) electrons. The average Bonchev–Trinajstić information content (AvgIpc) is 3.45. The summed E-state index contributed by atoms with van der Waals surface area (Å²) in [6, 6.07) is 8.48. The molecule has 2 saturated carbocycles. The predicted molar refractivity (Wildman–Crippen MR) is 97.8 cm³/mol. The number of aliphatic imine (C=N–C) groups is 1. The topological polar surface area (TPSA) is 70.7 Å². The molecule has 0 aliphatic heterocycles. The van der Waals surface area contributed by atoms with E-state index in [9.17, 15) is 4.79 Å². The first-order chi connectivity index (χ1) is 11.6. The van der Waals surface area contributed by atoms with Gasteiger partial charge in [0.1, 0.15) is 0 Å². The van der Waals surface area contributed by atoms with Crippen LogP contribution in [-0.4, -0.2) is 29.9 Å². The van der Waals surface area contributed by atoms with Gasteiger partial charge in [-0.3, -0.25) is 4.79 Å². The first kappa shape index (κ1) is 16.8. The van der Waals surface area contributed by atoms with E-state index in [-0.39, 0.29) is 11.8 Å². The van der Waals surface area contributed by atoms with Gasteiger partial charge in [0.2, 0.25) is 5.91 Å². The molecule has 5 heteroatoms. The Morgan fingerprint density at radius 2 is 2.00 bits per heavy atom. The normalized spacial score (nSPS) is 19.1. The maximum Gasteiger partial charge on any atom is 0.227 e. The Labute approximate surface area is 144 Å². The third kappa shape index (κ3) is 4.49. The van der Waals surface area contributed by atoms with Crippen LogP contribution in [0.3, 0.4) is 0 Å². The number of guanidine groups is 1. The number of carbonyl (C=O) groups excluding carboxylic acids is 1. The SMILES string of the molecule is CN(C(N)=NCc1cccc(NC(=O)C2CCCCC2)c1)C1CC1. The molecule has 24 heavy (non-hydrogen) atoms. The van der Waals surface area contributed by atoms with Gasteiger partial charge in [-0.1, -0.05) is 31.4 Å². The lowest BCUT2D eigenvalue weighted by molar-refractivity contribution is -0.120. The van der Waals surface area contributed by atoms with Crippen LogP contribution in [0.25, 0.3) is 0 Å². The summed E-state index contributed by atoms with van der Waals surface area (Å²) in [4.78, 5) is 18.9. The van der Waals surface area contributed by atoms with E-state index < -0.39 is 0 Å². The highest BCUT2D eigenvalue weighted by atomic mass is 16.1. The minimum atomic E-state index is 0.156. The molecule has 0 saturated heterocycles. The van der Waals surface area contributed by atoms with Crippen LogP contribution in [0.2, 0.25) is 0 Å². The van der Waals surface area contributed by atoms with Crippen molar-refractivity contribution in [3.63, 3.8) is 0 Å². The summed E-state index contributed by atoms with van der Waals surface area (Å²) in [7, 11) is 2.00. The first-order valence-electron chi connectivity index (χ1n) is 9.06. The number of nitrogens with two attached hydrogens (primary N) is 1. The minimum absolute atomic E-state index is 0.156. The molecule has 5 nitrogen and oxygen atoms in total. The van der Waals surface area contributed by atoms with Gasteiger partial charge >= 0.3 is 0 Å². The van der Waals surface area contributed by atoms with Crippen molar-refractivity contribution >= 4 is 17.6 Å². The van der Waals surface area contributed by atoms with E-state index in [1.165, 1.54) is 32.1 Å². The van der Waals surface area contributed by atoms with E-state index in [4.69, 9.17) is 5.73 Å². The summed E-state index contributed by atoms with van der Waals surface area (Å²) in [6.45, 7) is 0.538. The van der Waals surface area contributed by atoms with Crippen LogP contribution < -0.4 is 11.1 Å². The van der Waals surface area contributed by atoms with Crippen molar-refractivity contribution in [2.75, 3.05) is 12.4 Å². The molecule has 1 aromatic rings. The summed E-state index contributed by atoms with van der Waals surface area (Å²) in [5, 5.41) is 3.06. The molecular formula is C19H28N4O. The van der Waals surface area contributed by atoms with Crippen LogP contribution in [0.4, 0.5) is 5.69 Å². The molecular weight excluding hydrogens is 300 g/mol. The van der Waals surface area contributed by atoms with Gasteiger partial charge in [0.15, 0.2) is 5.96 Å². The Morgan fingerprint density at radius 3 is 2.71 bits per heavy atom. The quantitative estimate of drug-likeness (QED) is 0.644. The Balaban J connectivity index is 1.57. The van der Waals surface area contributed by atoms with Gasteiger partial charge in [-0.2, -0.15) is 0 Å².